The highest BCUT2D eigenvalue weighted by Crippen LogP contribution is 2.56. The van der Waals surface area contributed by atoms with Crippen LogP contribution in [0.1, 0.15) is 64.2 Å². The molecule has 5 rings (SSSR count). The number of hydrogen-bond donors (Lipinski definition) is 0. The molecule has 140 valence electrons. The Balaban J connectivity index is 1.70. The third-order valence-electron chi connectivity index (χ3n) is 6.96. The Labute approximate surface area is 165 Å². The van der Waals surface area contributed by atoms with Crippen LogP contribution in [0.15, 0.2) is 54.6 Å². The van der Waals surface area contributed by atoms with E-state index in [-0.39, 0.29) is 7.92 Å². The molecule has 0 nitrogen and oxygen atoms in total. The van der Waals surface area contributed by atoms with Crippen molar-refractivity contribution in [3.8, 4) is 0 Å². The molecular formula is C26H31P. The zero-order chi connectivity index (χ0) is 18.1. The lowest BCUT2D eigenvalue weighted by atomic mass is 9.99. The van der Waals surface area contributed by atoms with Crippen molar-refractivity contribution in [2.24, 2.45) is 0 Å². The molecule has 0 N–H and O–H groups in total. The van der Waals surface area contributed by atoms with Crippen LogP contribution in [0.25, 0.3) is 21.5 Å². The van der Waals surface area contributed by atoms with Crippen LogP contribution in [0.5, 0.6) is 0 Å². The van der Waals surface area contributed by atoms with Crippen molar-refractivity contribution in [1.29, 1.82) is 0 Å². The van der Waals surface area contributed by atoms with Crippen LogP contribution >= 0.6 is 7.92 Å². The average Bonchev–Trinajstić information content (AvgIpc) is 2.76. The van der Waals surface area contributed by atoms with Gasteiger partial charge >= 0.3 is 0 Å². The Morgan fingerprint density at radius 2 is 1.07 bits per heavy atom. The second-order valence-corrected chi connectivity index (χ2v) is 11.4. The molecule has 2 fully saturated rings. The second kappa shape index (κ2) is 7.92. The minimum absolute atomic E-state index is 0.0651. The van der Waals surface area contributed by atoms with Gasteiger partial charge in [-0.05, 0) is 69.9 Å². The molecule has 0 atom stereocenters. The van der Waals surface area contributed by atoms with Crippen LogP contribution < -0.4 is 5.30 Å². The summed E-state index contributed by atoms with van der Waals surface area (Å²) < 4.78 is 0. The van der Waals surface area contributed by atoms with Gasteiger partial charge in [0.2, 0.25) is 0 Å². The molecule has 1 heteroatoms. The molecule has 0 amide bonds. The van der Waals surface area contributed by atoms with Gasteiger partial charge < -0.3 is 0 Å². The van der Waals surface area contributed by atoms with Gasteiger partial charge in [-0.15, -0.1) is 0 Å². The van der Waals surface area contributed by atoms with E-state index in [0.717, 1.165) is 11.3 Å². The number of fused-ring (bicyclic) bond motifs is 3. The van der Waals surface area contributed by atoms with Crippen molar-refractivity contribution in [3.63, 3.8) is 0 Å². The average molecular weight is 375 g/mol. The van der Waals surface area contributed by atoms with Crippen molar-refractivity contribution in [2.45, 2.75) is 75.5 Å². The molecule has 0 heterocycles. The first-order chi connectivity index (χ1) is 13.4. The van der Waals surface area contributed by atoms with Gasteiger partial charge in [0.25, 0.3) is 0 Å². The smallest absolute Gasteiger partial charge is 0.00990 e. The summed E-state index contributed by atoms with van der Waals surface area (Å²) in [6.07, 6.45) is 14.7. The molecule has 27 heavy (non-hydrogen) atoms. The molecule has 2 saturated carbocycles. The van der Waals surface area contributed by atoms with Gasteiger partial charge in [0.05, 0.1) is 0 Å². The van der Waals surface area contributed by atoms with E-state index in [1.807, 2.05) is 0 Å². The van der Waals surface area contributed by atoms with Gasteiger partial charge in [0.1, 0.15) is 0 Å². The Bertz CT molecular complexity index is 898. The fourth-order valence-electron chi connectivity index (χ4n) is 5.66. The molecule has 0 spiro atoms. The summed E-state index contributed by atoms with van der Waals surface area (Å²) in [4.78, 5) is 0. The summed E-state index contributed by atoms with van der Waals surface area (Å²) in [5.74, 6) is 0. The largest absolute Gasteiger partial charge is 0.0683 e. The summed E-state index contributed by atoms with van der Waals surface area (Å²) in [7, 11) is -0.0651. The van der Waals surface area contributed by atoms with E-state index < -0.39 is 0 Å². The number of hydrogen-bond acceptors (Lipinski definition) is 0. The summed E-state index contributed by atoms with van der Waals surface area (Å²) >= 11 is 0. The molecular weight excluding hydrogens is 343 g/mol. The van der Waals surface area contributed by atoms with Crippen molar-refractivity contribution >= 4 is 34.8 Å². The Morgan fingerprint density at radius 1 is 0.556 bits per heavy atom. The quantitative estimate of drug-likeness (QED) is 0.324. The van der Waals surface area contributed by atoms with Gasteiger partial charge in [0, 0.05) is 0 Å². The van der Waals surface area contributed by atoms with Crippen LogP contribution in [-0.4, -0.2) is 11.3 Å². The lowest BCUT2D eigenvalue weighted by Gasteiger charge is -2.39. The van der Waals surface area contributed by atoms with Crippen LogP contribution in [-0.2, 0) is 0 Å². The van der Waals surface area contributed by atoms with Crippen molar-refractivity contribution in [1.82, 2.24) is 0 Å². The van der Waals surface area contributed by atoms with Gasteiger partial charge in [-0.2, -0.15) is 0 Å². The molecule has 3 aromatic carbocycles. The molecule has 3 aromatic rings. The van der Waals surface area contributed by atoms with Crippen molar-refractivity contribution in [2.75, 3.05) is 0 Å². The molecule has 2 aliphatic rings. The fraction of sp³-hybridized carbons (Fsp3) is 0.462. The normalized spacial score (nSPS) is 19.9. The summed E-state index contributed by atoms with van der Waals surface area (Å²) in [6, 6.07) is 20.9. The highest BCUT2D eigenvalue weighted by Gasteiger charge is 2.33. The molecule has 2 aliphatic carbocycles. The highest BCUT2D eigenvalue weighted by atomic mass is 31.1. The first kappa shape index (κ1) is 17.7. The van der Waals surface area contributed by atoms with Gasteiger partial charge in [-0.1, -0.05) is 95.0 Å². The fourth-order valence-corrected chi connectivity index (χ4v) is 9.65. The maximum absolute atomic E-state index is 2.60. The molecule has 0 radical (unpaired) electrons. The lowest BCUT2D eigenvalue weighted by Crippen LogP contribution is -2.26. The van der Waals surface area contributed by atoms with Gasteiger partial charge in [-0.3, -0.25) is 0 Å². The molecule has 0 aromatic heterocycles. The van der Waals surface area contributed by atoms with E-state index in [4.69, 9.17) is 0 Å². The zero-order valence-electron chi connectivity index (χ0n) is 16.4. The summed E-state index contributed by atoms with van der Waals surface area (Å²) in [5.41, 5.74) is 1.92. The predicted octanol–water partition coefficient (Wildman–Crippen LogP) is 7.77. The number of rotatable bonds is 3. The SMILES string of the molecule is c1ccc2c(c1)cc(P(C1CCCCC1)C1CCCCC1)c1ccccc12. The topological polar surface area (TPSA) is 0 Å². The minimum atomic E-state index is -0.0651. The summed E-state index contributed by atoms with van der Waals surface area (Å²) in [6.45, 7) is 0. The third kappa shape index (κ3) is 3.42. The monoisotopic (exact) mass is 374 g/mol. The van der Waals surface area contributed by atoms with E-state index in [0.29, 0.717) is 0 Å². The van der Waals surface area contributed by atoms with Crippen molar-refractivity contribution in [3.05, 3.63) is 54.6 Å². The second-order valence-electron chi connectivity index (χ2n) is 8.65. The van der Waals surface area contributed by atoms with Gasteiger partial charge in [0.15, 0.2) is 0 Å². The van der Waals surface area contributed by atoms with Crippen LogP contribution in [0.2, 0.25) is 0 Å². The Morgan fingerprint density at radius 3 is 1.70 bits per heavy atom. The maximum Gasteiger partial charge on any atom is -0.00990 e. The van der Waals surface area contributed by atoms with Crippen LogP contribution in [0, 0.1) is 0 Å². The Hall–Kier alpha value is -1.39. The maximum atomic E-state index is 2.60. The summed E-state index contributed by atoms with van der Waals surface area (Å²) in [5, 5.41) is 7.64. The highest BCUT2D eigenvalue weighted by molar-refractivity contribution is 7.67. The van der Waals surface area contributed by atoms with E-state index >= 15 is 0 Å². The first-order valence-electron chi connectivity index (χ1n) is 11.1. The van der Waals surface area contributed by atoms with Gasteiger partial charge in [-0.25, -0.2) is 0 Å². The lowest BCUT2D eigenvalue weighted by molar-refractivity contribution is 0.487. The predicted molar refractivity (Wildman–Crippen MR) is 122 cm³/mol. The van der Waals surface area contributed by atoms with E-state index in [1.165, 1.54) is 80.4 Å². The first-order valence-corrected chi connectivity index (χ1v) is 12.6. The molecule has 0 bridgehead atoms. The minimum Gasteiger partial charge on any atom is -0.0683 e. The van der Waals surface area contributed by atoms with Crippen LogP contribution in [0.3, 0.4) is 0 Å². The number of benzene rings is 3. The third-order valence-corrected chi connectivity index (χ3v) is 10.5. The van der Waals surface area contributed by atoms with E-state index in [2.05, 4.69) is 54.6 Å². The van der Waals surface area contributed by atoms with E-state index in [1.54, 1.807) is 10.7 Å². The standard InChI is InChI=1S/C26H31P/c1-3-12-21(13-4-1)27(22-14-5-2-6-15-22)26-19-20-11-7-8-16-23(20)24-17-9-10-18-25(24)26/h7-11,16-19,21-22H,1-6,12-15H2. The van der Waals surface area contributed by atoms with Crippen LogP contribution in [0.4, 0.5) is 0 Å². The molecule has 0 aliphatic heterocycles. The zero-order valence-corrected chi connectivity index (χ0v) is 17.3. The van der Waals surface area contributed by atoms with Crippen molar-refractivity contribution < 1.29 is 0 Å². The molecule has 0 unspecified atom stereocenters. The van der Waals surface area contributed by atoms with E-state index in [9.17, 15) is 0 Å². The molecule has 0 saturated heterocycles. The Kier molecular flexibility index (Phi) is 5.19.